The fourth-order valence-corrected chi connectivity index (χ4v) is 2.60. The highest BCUT2D eigenvalue weighted by molar-refractivity contribution is 9.13. The zero-order valence-electron chi connectivity index (χ0n) is 10.7. The van der Waals surface area contributed by atoms with E-state index in [0.29, 0.717) is 12.4 Å². The number of nitrogens with zero attached hydrogens (tertiary/aromatic N) is 2. The van der Waals surface area contributed by atoms with E-state index in [1.165, 1.54) is 0 Å². The number of imidazole rings is 1. The molecule has 0 fully saturated rings. The van der Waals surface area contributed by atoms with E-state index in [1.54, 1.807) is 0 Å². The standard InChI is InChI=1S/C14H15Br2N3/c1-3-7-19-12(4-2)18-13(14(19)17)9-5-6-10(15)11(16)8-9/h3,5-6,8H,1,4,7,17H2,2H3. The van der Waals surface area contributed by atoms with Crippen molar-refractivity contribution in [2.45, 2.75) is 19.9 Å². The van der Waals surface area contributed by atoms with Crippen LogP contribution in [-0.2, 0) is 13.0 Å². The summed E-state index contributed by atoms with van der Waals surface area (Å²) in [6.45, 7) is 6.51. The van der Waals surface area contributed by atoms with Crippen molar-refractivity contribution in [2.75, 3.05) is 5.73 Å². The lowest BCUT2D eigenvalue weighted by Crippen LogP contribution is -2.05. The van der Waals surface area contributed by atoms with Crippen LogP contribution >= 0.6 is 31.9 Å². The summed E-state index contributed by atoms with van der Waals surface area (Å²) < 4.78 is 4.00. The molecule has 19 heavy (non-hydrogen) atoms. The summed E-state index contributed by atoms with van der Waals surface area (Å²) in [5, 5.41) is 0. The average Bonchev–Trinajstić information content (AvgIpc) is 2.71. The highest BCUT2D eigenvalue weighted by atomic mass is 79.9. The van der Waals surface area contributed by atoms with Gasteiger partial charge in [-0.2, -0.15) is 0 Å². The molecule has 0 atom stereocenters. The van der Waals surface area contributed by atoms with Crippen LogP contribution in [0.15, 0.2) is 39.8 Å². The number of aromatic nitrogens is 2. The first-order valence-corrected chi connectivity index (χ1v) is 7.58. The summed E-state index contributed by atoms with van der Waals surface area (Å²) in [6, 6.07) is 6.00. The number of nitrogens with two attached hydrogens (primary N) is 1. The summed E-state index contributed by atoms with van der Waals surface area (Å²) >= 11 is 6.96. The van der Waals surface area contributed by atoms with Gasteiger partial charge in [0.05, 0.1) is 0 Å². The normalized spacial score (nSPS) is 10.7. The number of aryl methyl sites for hydroxylation is 1. The van der Waals surface area contributed by atoms with Crippen molar-refractivity contribution in [1.29, 1.82) is 0 Å². The van der Waals surface area contributed by atoms with Gasteiger partial charge in [-0.1, -0.05) is 19.1 Å². The van der Waals surface area contributed by atoms with Crippen LogP contribution in [0.5, 0.6) is 0 Å². The summed E-state index contributed by atoms with van der Waals surface area (Å²) in [6.07, 6.45) is 2.67. The molecule has 0 spiro atoms. The Bertz CT molecular complexity index is 617. The van der Waals surface area contributed by atoms with Crippen molar-refractivity contribution in [1.82, 2.24) is 9.55 Å². The third-order valence-corrected chi connectivity index (χ3v) is 4.79. The predicted molar refractivity (Wildman–Crippen MR) is 87.1 cm³/mol. The number of rotatable bonds is 4. The molecule has 0 aliphatic heterocycles. The Balaban J connectivity index is 2.55. The molecule has 1 aromatic heterocycles. The van der Waals surface area contributed by atoms with Crippen LogP contribution < -0.4 is 5.73 Å². The second kappa shape index (κ2) is 5.92. The van der Waals surface area contributed by atoms with E-state index in [4.69, 9.17) is 5.73 Å². The van der Waals surface area contributed by atoms with E-state index < -0.39 is 0 Å². The predicted octanol–water partition coefficient (Wildman–Crippen LogP) is 4.41. The van der Waals surface area contributed by atoms with Crippen molar-refractivity contribution in [3.05, 3.63) is 45.6 Å². The fourth-order valence-electron chi connectivity index (χ4n) is 1.97. The minimum atomic E-state index is 0.680. The molecular weight excluding hydrogens is 370 g/mol. The molecular formula is C14H15Br2N3. The minimum absolute atomic E-state index is 0.680. The van der Waals surface area contributed by atoms with Gasteiger partial charge in [0, 0.05) is 27.5 Å². The maximum absolute atomic E-state index is 6.21. The number of hydrogen-bond donors (Lipinski definition) is 1. The van der Waals surface area contributed by atoms with Crippen LogP contribution in [-0.4, -0.2) is 9.55 Å². The van der Waals surface area contributed by atoms with Gasteiger partial charge in [0.1, 0.15) is 17.3 Å². The highest BCUT2D eigenvalue weighted by Crippen LogP contribution is 2.32. The molecule has 0 amide bonds. The third-order valence-electron chi connectivity index (χ3n) is 2.91. The lowest BCUT2D eigenvalue weighted by atomic mass is 10.1. The summed E-state index contributed by atoms with van der Waals surface area (Å²) in [5.74, 6) is 1.66. The third kappa shape index (κ3) is 2.77. The number of hydrogen-bond acceptors (Lipinski definition) is 2. The smallest absolute Gasteiger partial charge is 0.132 e. The molecule has 5 heteroatoms. The monoisotopic (exact) mass is 383 g/mol. The summed E-state index contributed by atoms with van der Waals surface area (Å²) in [5.41, 5.74) is 8.04. The van der Waals surface area contributed by atoms with Crippen molar-refractivity contribution in [3.8, 4) is 11.3 Å². The maximum atomic E-state index is 6.21. The Kier molecular flexibility index (Phi) is 4.47. The first-order valence-electron chi connectivity index (χ1n) is 5.99. The molecule has 0 aliphatic carbocycles. The van der Waals surface area contributed by atoms with Crippen LogP contribution in [0.3, 0.4) is 0 Å². The lowest BCUT2D eigenvalue weighted by Gasteiger charge is -2.05. The SMILES string of the molecule is C=CCn1c(CC)nc(-c2ccc(Br)c(Br)c2)c1N. The zero-order valence-corrected chi connectivity index (χ0v) is 13.8. The zero-order chi connectivity index (χ0) is 14.0. The molecule has 1 heterocycles. The van der Waals surface area contributed by atoms with Gasteiger partial charge in [-0.25, -0.2) is 4.98 Å². The quantitative estimate of drug-likeness (QED) is 0.793. The van der Waals surface area contributed by atoms with Crippen molar-refractivity contribution >= 4 is 37.7 Å². The molecule has 0 saturated heterocycles. The number of allylic oxidation sites excluding steroid dienone is 1. The number of benzene rings is 1. The summed E-state index contributed by atoms with van der Waals surface area (Å²) in [4.78, 5) is 4.64. The molecule has 0 saturated carbocycles. The molecule has 0 aliphatic rings. The number of anilines is 1. The first-order chi connectivity index (χ1) is 9.08. The Labute approximate surface area is 129 Å². The first kappa shape index (κ1) is 14.3. The number of nitrogen functional groups attached to an aromatic ring is 1. The van der Waals surface area contributed by atoms with E-state index in [1.807, 2.05) is 28.8 Å². The molecule has 2 N–H and O–H groups in total. The van der Waals surface area contributed by atoms with Gasteiger partial charge in [-0.15, -0.1) is 6.58 Å². The molecule has 1 aromatic carbocycles. The fraction of sp³-hybridized carbons (Fsp3) is 0.214. The molecule has 3 nitrogen and oxygen atoms in total. The Hall–Kier alpha value is -1.07. The Morgan fingerprint density at radius 1 is 1.37 bits per heavy atom. The highest BCUT2D eigenvalue weighted by Gasteiger charge is 2.15. The van der Waals surface area contributed by atoms with E-state index in [9.17, 15) is 0 Å². The summed E-state index contributed by atoms with van der Waals surface area (Å²) in [7, 11) is 0. The topological polar surface area (TPSA) is 43.8 Å². The van der Waals surface area contributed by atoms with Crippen LogP contribution in [0.4, 0.5) is 5.82 Å². The van der Waals surface area contributed by atoms with Gasteiger partial charge in [-0.05, 0) is 44.0 Å². The molecule has 100 valence electrons. The lowest BCUT2D eigenvalue weighted by molar-refractivity contribution is 0.757. The van der Waals surface area contributed by atoms with E-state index in [-0.39, 0.29) is 0 Å². The van der Waals surface area contributed by atoms with Gasteiger partial charge >= 0.3 is 0 Å². The van der Waals surface area contributed by atoms with Crippen molar-refractivity contribution in [3.63, 3.8) is 0 Å². The Morgan fingerprint density at radius 3 is 2.68 bits per heavy atom. The molecule has 0 radical (unpaired) electrons. The second-order valence-electron chi connectivity index (χ2n) is 4.14. The van der Waals surface area contributed by atoms with E-state index in [2.05, 4.69) is 50.3 Å². The number of halogens is 2. The largest absolute Gasteiger partial charge is 0.383 e. The molecule has 0 bridgehead atoms. The van der Waals surface area contributed by atoms with E-state index >= 15 is 0 Å². The van der Waals surface area contributed by atoms with Crippen LogP contribution in [0.1, 0.15) is 12.7 Å². The molecule has 0 unspecified atom stereocenters. The Morgan fingerprint density at radius 2 is 2.11 bits per heavy atom. The van der Waals surface area contributed by atoms with E-state index in [0.717, 1.165) is 32.4 Å². The second-order valence-corrected chi connectivity index (χ2v) is 5.85. The van der Waals surface area contributed by atoms with Gasteiger partial charge in [0.15, 0.2) is 0 Å². The average molecular weight is 385 g/mol. The van der Waals surface area contributed by atoms with Crippen molar-refractivity contribution < 1.29 is 0 Å². The maximum Gasteiger partial charge on any atom is 0.132 e. The van der Waals surface area contributed by atoms with Gasteiger partial charge in [0.25, 0.3) is 0 Å². The van der Waals surface area contributed by atoms with Gasteiger partial charge in [0.2, 0.25) is 0 Å². The van der Waals surface area contributed by atoms with Crippen LogP contribution in [0.25, 0.3) is 11.3 Å². The van der Waals surface area contributed by atoms with Crippen LogP contribution in [0.2, 0.25) is 0 Å². The molecule has 2 aromatic rings. The minimum Gasteiger partial charge on any atom is -0.383 e. The molecule has 2 rings (SSSR count). The van der Waals surface area contributed by atoms with Gasteiger partial charge in [-0.3, -0.25) is 0 Å². The van der Waals surface area contributed by atoms with Gasteiger partial charge < -0.3 is 10.3 Å². The van der Waals surface area contributed by atoms with Crippen LogP contribution in [0, 0.1) is 0 Å². The van der Waals surface area contributed by atoms with Crippen molar-refractivity contribution in [2.24, 2.45) is 0 Å².